The average molecular weight is 254 g/mol. The van der Waals surface area contributed by atoms with E-state index >= 15 is 0 Å². The van der Waals surface area contributed by atoms with Crippen LogP contribution in [0.2, 0.25) is 0 Å². The van der Waals surface area contributed by atoms with E-state index in [1.165, 1.54) is 32.2 Å². The lowest BCUT2D eigenvalue weighted by Crippen LogP contribution is -2.46. The molecule has 0 radical (unpaired) electrons. The maximum Gasteiger partial charge on any atom is 0.00982 e. The third-order valence-electron chi connectivity index (χ3n) is 4.78. The molecule has 0 spiro atoms. The zero-order valence-electron chi connectivity index (χ0n) is 13.2. The molecule has 3 unspecified atom stereocenters. The minimum Gasteiger partial charge on any atom is -0.330 e. The van der Waals surface area contributed by atoms with Crippen molar-refractivity contribution in [2.24, 2.45) is 23.0 Å². The summed E-state index contributed by atoms with van der Waals surface area (Å²) >= 11 is 0. The lowest BCUT2D eigenvalue weighted by Gasteiger charge is -2.42. The zero-order valence-corrected chi connectivity index (χ0v) is 13.2. The maximum atomic E-state index is 5.90. The highest BCUT2D eigenvalue weighted by molar-refractivity contribution is 4.85. The fourth-order valence-corrected chi connectivity index (χ4v) is 3.14. The van der Waals surface area contributed by atoms with Crippen LogP contribution in [0.15, 0.2) is 0 Å². The van der Waals surface area contributed by atoms with Gasteiger partial charge in [0.1, 0.15) is 0 Å². The fourth-order valence-electron chi connectivity index (χ4n) is 3.14. The summed E-state index contributed by atoms with van der Waals surface area (Å²) in [5, 5.41) is 0. The van der Waals surface area contributed by atoms with E-state index in [0.29, 0.717) is 0 Å². The smallest absolute Gasteiger partial charge is 0.00982 e. The standard InChI is InChI=1S/C16H34N2/c1-6-9-18(12-16(4,5)11-17)15-8-7-13(2)14(3)10-15/h13-15H,6-12,17H2,1-5H3. The van der Waals surface area contributed by atoms with Gasteiger partial charge in [0.25, 0.3) is 0 Å². The van der Waals surface area contributed by atoms with Crippen LogP contribution in [0.3, 0.4) is 0 Å². The van der Waals surface area contributed by atoms with Crippen LogP contribution in [0.5, 0.6) is 0 Å². The van der Waals surface area contributed by atoms with Crippen LogP contribution >= 0.6 is 0 Å². The van der Waals surface area contributed by atoms with Crippen LogP contribution in [-0.2, 0) is 0 Å². The quantitative estimate of drug-likeness (QED) is 0.786. The first-order valence-corrected chi connectivity index (χ1v) is 7.83. The van der Waals surface area contributed by atoms with Gasteiger partial charge in [-0.25, -0.2) is 0 Å². The van der Waals surface area contributed by atoms with E-state index < -0.39 is 0 Å². The van der Waals surface area contributed by atoms with E-state index in [1.54, 1.807) is 0 Å². The van der Waals surface area contributed by atoms with Crippen LogP contribution in [0.4, 0.5) is 0 Å². The Morgan fingerprint density at radius 2 is 1.83 bits per heavy atom. The highest BCUT2D eigenvalue weighted by Crippen LogP contribution is 2.33. The molecule has 0 aromatic carbocycles. The van der Waals surface area contributed by atoms with E-state index in [4.69, 9.17) is 5.73 Å². The van der Waals surface area contributed by atoms with Gasteiger partial charge in [0.2, 0.25) is 0 Å². The molecular weight excluding hydrogens is 220 g/mol. The van der Waals surface area contributed by atoms with E-state index in [9.17, 15) is 0 Å². The van der Waals surface area contributed by atoms with Gasteiger partial charge in [-0.2, -0.15) is 0 Å². The topological polar surface area (TPSA) is 29.3 Å². The third kappa shape index (κ3) is 4.55. The highest BCUT2D eigenvalue weighted by atomic mass is 15.2. The largest absolute Gasteiger partial charge is 0.330 e. The number of hydrogen-bond donors (Lipinski definition) is 1. The van der Waals surface area contributed by atoms with Gasteiger partial charge >= 0.3 is 0 Å². The van der Waals surface area contributed by atoms with Crippen molar-refractivity contribution in [2.45, 2.75) is 66.3 Å². The van der Waals surface area contributed by atoms with Crippen molar-refractivity contribution in [1.82, 2.24) is 4.90 Å². The van der Waals surface area contributed by atoms with E-state index in [2.05, 4.69) is 39.5 Å². The summed E-state index contributed by atoms with van der Waals surface area (Å²) in [6, 6.07) is 0.793. The Hall–Kier alpha value is -0.0800. The van der Waals surface area contributed by atoms with Gasteiger partial charge in [-0.1, -0.05) is 34.6 Å². The summed E-state index contributed by atoms with van der Waals surface area (Å²) in [5.41, 5.74) is 6.15. The highest BCUT2D eigenvalue weighted by Gasteiger charge is 2.30. The lowest BCUT2D eigenvalue weighted by atomic mass is 9.78. The number of nitrogens with zero attached hydrogens (tertiary/aromatic N) is 1. The van der Waals surface area contributed by atoms with E-state index in [0.717, 1.165) is 31.0 Å². The minimum atomic E-state index is 0.251. The molecular formula is C16H34N2. The third-order valence-corrected chi connectivity index (χ3v) is 4.78. The molecule has 1 aliphatic rings. The van der Waals surface area contributed by atoms with Gasteiger partial charge in [0.15, 0.2) is 0 Å². The van der Waals surface area contributed by atoms with Gasteiger partial charge in [-0.05, 0) is 56.0 Å². The normalized spacial score (nSPS) is 29.8. The first-order valence-electron chi connectivity index (χ1n) is 7.83. The Morgan fingerprint density at radius 3 is 2.33 bits per heavy atom. The second-order valence-electron chi connectivity index (χ2n) is 7.26. The Morgan fingerprint density at radius 1 is 1.17 bits per heavy atom. The monoisotopic (exact) mass is 254 g/mol. The molecule has 2 heteroatoms. The molecule has 0 aromatic rings. The van der Waals surface area contributed by atoms with Crippen molar-refractivity contribution in [2.75, 3.05) is 19.6 Å². The summed E-state index contributed by atoms with van der Waals surface area (Å²) in [6.45, 7) is 14.9. The molecule has 0 aliphatic heterocycles. The summed E-state index contributed by atoms with van der Waals surface area (Å²) in [5.74, 6) is 1.79. The maximum absolute atomic E-state index is 5.90. The van der Waals surface area contributed by atoms with Gasteiger partial charge in [0, 0.05) is 12.6 Å². The molecule has 2 nitrogen and oxygen atoms in total. The van der Waals surface area contributed by atoms with Gasteiger partial charge in [-0.15, -0.1) is 0 Å². The van der Waals surface area contributed by atoms with Crippen molar-refractivity contribution >= 4 is 0 Å². The Labute approximate surface area is 114 Å². The molecule has 1 rings (SSSR count). The SMILES string of the molecule is CCCN(CC(C)(C)CN)C1CCC(C)C(C)C1. The zero-order chi connectivity index (χ0) is 13.8. The average Bonchev–Trinajstić information content (AvgIpc) is 2.32. The van der Waals surface area contributed by atoms with Crippen molar-refractivity contribution in [3.05, 3.63) is 0 Å². The molecule has 0 heterocycles. The predicted molar refractivity (Wildman–Crippen MR) is 80.7 cm³/mol. The van der Waals surface area contributed by atoms with Crippen LogP contribution in [0.1, 0.15) is 60.3 Å². The molecule has 108 valence electrons. The summed E-state index contributed by atoms with van der Waals surface area (Å²) < 4.78 is 0. The van der Waals surface area contributed by atoms with Crippen LogP contribution < -0.4 is 5.73 Å². The number of hydrogen-bond acceptors (Lipinski definition) is 2. The minimum absolute atomic E-state index is 0.251. The van der Waals surface area contributed by atoms with Crippen molar-refractivity contribution in [3.63, 3.8) is 0 Å². The predicted octanol–water partition coefficient (Wildman–Crippen LogP) is 3.51. The van der Waals surface area contributed by atoms with Crippen molar-refractivity contribution < 1.29 is 0 Å². The second kappa shape index (κ2) is 6.91. The molecule has 1 saturated carbocycles. The van der Waals surface area contributed by atoms with Crippen LogP contribution in [0.25, 0.3) is 0 Å². The molecule has 3 atom stereocenters. The Kier molecular flexibility index (Phi) is 6.13. The fraction of sp³-hybridized carbons (Fsp3) is 1.00. The summed E-state index contributed by atoms with van der Waals surface area (Å²) in [4.78, 5) is 2.72. The molecule has 0 amide bonds. The first-order chi connectivity index (χ1) is 8.39. The summed E-state index contributed by atoms with van der Waals surface area (Å²) in [6.07, 6.45) is 5.41. The number of rotatable bonds is 6. The Balaban J connectivity index is 2.61. The molecule has 0 bridgehead atoms. The van der Waals surface area contributed by atoms with E-state index in [1.807, 2.05) is 0 Å². The number of nitrogens with two attached hydrogens (primary N) is 1. The molecule has 0 saturated heterocycles. The van der Waals surface area contributed by atoms with Crippen LogP contribution in [0, 0.1) is 17.3 Å². The molecule has 1 fully saturated rings. The summed E-state index contributed by atoms with van der Waals surface area (Å²) in [7, 11) is 0. The Bertz CT molecular complexity index is 237. The first kappa shape index (κ1) is 16.0. The van der Waals surface area contributed by atoms with E-state index in [-0.39, 0.29) is 5.41 Å². The van der Waals surface area contributed by atoms with Gasteiger partial charge in [0.05, 0.1) is 0 Å². The van der Waals surface area contributed by atoms with Gasteiger partial charge in [-0.3, -0.25) is 4.90 Å². The lowest BCUT2D eigenvalue weighted by molar-refractivity contribution is 0.0762. The molecule has 1 aliphatic carbocycles. The van der Waals surface area contributed by atoms with Crippen LogP contribution in [-0.4, -0.2) is 30.6 Å². The molecule has 2 N–H and O–H groups in total. The molecule has 18 heavy (non-hydrogen) atoms. The van der Waals surface area contributed by atoms with Gasteiger partial charge < -0.3 is 5.73 Å². The van der Waals surface area contributed by atoms with Crippen molar-refractivity contribution in [1.29, 1.82) is 0 Å². The second-order valence-corrected chi connectivity index (χ2v) is 7.26. The molecule has 0 aromatic heterocycles. The van der Waals surface area contributed by atoms with Crippen molar-refractivity contribution in [3.8, 4) is 0 Å².